The molecule has 2 N–H and O–H groups in total. The van der Waals surface area contributed by atoms with Crippen LogP contribution in [0.3, 0.4) is 0 Å². The van der Waals surface area contributed by atoms with Crippen LogP contribution in [0.15, 0.2) is 42.5 Å². The Morgan fingerprint density at radius 2 is 1.80 bits per heavy atom. The van der Waals surface area contributed by atoms with Crippen LogP contribution < -0.4 is 20.1 Å². The lowest BCUT2D eigenvalue weighted by Crippen LogP contribution is -2.30. The van der Waals surface area contributed by atoms with E-state index in [4.69, 9.17) is 33.3 Å². The van der Waals surface area contributed by atoms with Gasteiger partial charge >= 0.3 is 0 Å². The molecular formula is C19H23ClN2O2S. The van der Waals surface area contributed by atoms with E-state index in [1.165, 1.54) is 0 Å². The smallest absolute Gasteiger partial charge is 0.171 e. The first-order chi connectivity index (χ1) is 12.0. The van der Waals surface area contributed by atoms with Gasteiger partial charge in [0, 0.05) is 10.7 Å². The van der Waals surface area contributed by atoms with Gasteiger partial charge in [0.1, 0.15) is 0 Å². The predicted octanol–water partition coefficient (Wildman–Crippen LogP) is 5.19. The van der Waals surface area contributed by atoms with Gasteiger partial charge in [-0.3, -0.25) is 0 Å². The van der Waals surface area contributed by atoms with Crippen molar-refractivity contribution >= 4 is 34.6 Å². The monoisotopic (exact) mass is 378 g/mol. The lowest BCUT2D eigenvalue weighted by molar-refractivity contribution is 0.287. The third kappa shape index (κ3) is 5.80. The maximum Gasteiger partial charge on any atom is 0.171 e. The molecule has 0 aromatic heterocycles. The summed E-state index contributed by atoms with van der Waals surface area (Å²) in [6.45, 7) is 7.13. The van der Waals surface area contributed by atoms with Gasteiger partial charge in [0.05, 0.1) is 19.3 Å². The Hall–Kier alpha value is -1.98. The van der Waals surface area contributed by atoms with E-state index in [0.29, 0.717) is 23.3 Å². The number of thiocarbonyl (C=S) groups is 1. The molecule has 1 atom stereocenters. The van der Waals surface area contributed by atoms with Crippen molar-refractivity contribution in [3.8, 4) is 11.5 Å². The number of halogens is 1. The summed E-state index contributed by atoms with van der Waals surface area (Å²) in [6, 6.07) is 13.3. The summed E-state index contributed by atoms with van der Waals surface area (Å²) in [5.74, 6) is 1.49. The van der Waals surface area contributed by atoms with Gasteiger partial charge in [0.25, 0.3) is 0 Å². The molecule has 0 saturated carbocycles. The fraction of sp³-hybridized carbons (Fsp3) is 0.316. The zero-order valence-corrected chi connectivity index (χ0v) is 16.2. The van der Waals surface area contributed by atoms with Gasteiger partial charge in [-0.25, -0.2) is 0 Å². The molecule has 0 bridgehead atoms. The van der Waals surface area contributed by atoms with Crippen LogP contribution in [0.2, 0.25) is 5.02 Å². The molecule has 0 radical (unpaired) electrons. The van der Waals surface area contributed by atoms with E-state index in [1.807, 2.05) is 63.2 Å². The number of ether oxygens (including phenoxy) is 2. The molecule has 2 rings (SSSR count). The van der Waals surface area contributed by atoms with E-state index in [-0.39, 0.29) is 6.04 Å². The van der Waals surface area contributed by atoms with Gasteiger partial charge in [0.15, 0.2) is 16.6 Å². The Balaban J connectivity index is 2.05. The van der Waals surface area contributed by atoms with Crippen molar-refractivity contribution in [2.75, 3.05) is 18.5 Å². The topological polar surface area (TPSA) is 42.5 Å². The first kappa shape index (κ1) is 19.3. The molecule has 0 heterocycles. The molecule has 0 fully saturated rings. The van der Waals surface area contributed by atoms with E-state index in [1.54, 1.807) is 0 Å². The Bertz CT molecular complexity index is 724. The van der Waals surface area contributed by atoms with Crippen LogP contribution in [0, 0.1) is 0 Å². The summed E-state index contributed by atoms with van der Waals surface area (Å²) in [7, 11) is 0. The Morgan fingerprint density at radius 3 is 2.48 bits per heavy atom. The van der Waals surface area contributed by atoms with E-state index < -0.39 is 0 Å². The average molecular weight is 379 g/mol. The number of nitrogens with one attached hydrogen (secondary N) is 2. The zero-order valence-electron chi connectivity index (χ0n) is 14.6. The number of hydrogen-bond acceptors (Lipinski definition) is 3. The predicted molar refractivity (Wildman–Crippen MR) is 108 cm³/mol. The lowest BCUT2D eigenvalue weighted by atomic mass is 10.1. The van der Waals surface area contributed by atoms with Crippen LogP contribution in [-0.2, 0) is 0 Å². The van der Waals surface area contributed by atoms with Gasteiger partial charge in [0.2, 0.25) is 0 Å². The van der Waals surface area contributed by atoms with Crippen molar-refractivity contribution in [2.24, 2.45) is 0 Å². The largest absolute Gasteiger partial charge is 0.490 e. The molecule has 4 nitrogen and oxygen atoms in total. The van der Waals surface area contributed by atoms with E-state index >= 15 is 0 Å². The Kier molecular flexibility index (Phi) is 7.34. The summed E-state index contributed by atoms with van der Waals surface area (Å²) >= 11 is 11.4. The standard InChI is InChI=1S/C19H23ClN2O2S/c1-4-23-17-10-9-14(11-18(17)24-5-2)13(3)21-19(25)22-16-8-6-7-15(20)12-16/h6-13H,4-5H2,1-3H3,(H2,21,22,25)/t13-/m0/s1. The van der Waals surface area contributed by atoms with Gasteiger partial charge in [-0.2, -0.15) is 0 Å². The maximum absolute atomic E-state index is 5.99. The zero-order chi connectivity index (χ0) is 18.2. The van der Waals surface area contributed by atoms with Crippen molar-refractivity contribution in [1.82, 2.24) is 5.32 Å². The molecule has 2 aromatic carbocycles. The van der Waals surface area contributed by atoms with Crippen LogP contribution in [0.4, 0.5) is 5.69 Å². The fourth-order valence-electron chi connectivity index (χ4n) is 2.35. The molecule has 2 aromatic rings. The van der Waals surface area contributed by atoms with E-state index in [9.17, 15) is 0 Å². The van der Waals surface area contributed by atoms with Crippen molar-refractivity contribution in [3.05, 3.63) is 53.1 Å². The van der Waals surface area contributed by atoms with Crippen LogP contribution in [0.1, 0.15) is 32.4 Å². The molecule has 0 aliphatic rings. The molecular weight excluding hydrogens is 356 g/mol. The molecule has 0 unspecified atom stereocenters. The summed E-state index contributed by atoms with van der Waals surface area (Å²) in [4.78, 5) is 0. The molecule has 0 spiro atoms. The molecule has 25 heavy (non-hydrogen) atoms. The minimum absolute atomic E-state index is 0.00840. The highest BCUT2D eigenvalue weighted by atomic mass is 35.5. The quantitative estimate of drug-likeness (QED) is 0.649. The maximum atomic E-state index is 5.99. The third-order valence-electron chi connectivity index (χ3n) is 3.50. The second kappa shape index (κ2) is 9.49. The van der Waals surface area contributed by atoms with Gasteiger partial charge in [-0.1, -0.05) is 23.7 Å². The summed E-state index contributed by atoms with van der Waals surface area (Å²) < 4.78 is 11.3. The Morgan fingerprint density at radius 1 is 1.08 bits per heavy atom. The lowest BCUT2D eigenvalue weighted by Gasteiger charge is -2.19. The number of hydrogen-bond donors (Lipinski definition) is 2. The van der Waals surface area contributed by atoms with Crippen molar-refractivity contribution in [1.29, 1.82) is 0 Å². The summed E-state index contributed by atoms with van der Waals surface area (Å²) in [5.41, 5.74) is 1.90. The molecule has 0 aliphatic heterocycles. The van der Waals surface area contributed by atoms with Crippen molar-refractivity contribution in [3.63, 3.8) is 0 Å². The van der Waals surface area contributed by atoms with Gasteiger partial charge in [-0.05, 0) is 68.9 Å². The second-order valence-corrected chi connectivity index (χ2v) is 6.25. The van der Waals surface area contributed by atoms with Crippen LogP contribution in [0.25, 0.3) is 0 Å². The van der Waals surface area contributed by atoms with Crippen LogP contribution >= 0.6 is 23.8 Å². The van der Waals surface area contributed by atoms with Gasteiger partial charge < -0.3 is 20.1 Å². The molecule has 0 amide bonds. The molecule has 0 aliphatic carbocycles. The minimum atomic E-state index is 0.00840. The number of anilines is 1. The van der Waals surface area contributed by atoms with E-state index in [2.05, 4.69) is 10.6 Å². The highest BCUT2D eigenvalue weighted by Crippen LogP contribution is 2.30. The Labute approximate surface area is 159 Å². The SMILES string of the molecule is CCOc1ccc([C@H](C)NC(=S)Nc2cccc(Cl)c2)cc1OCC. The molecule has 0 saturated heterocycles. The van der Waals surface area contributed by atoms with E-state index in [0.717, 1.165) is 22.7 Å². The summed E-state index contributed by atoms with van der Waals surface area (Å²) in [6.07, 6.45) is 0. The fourth-order valence-corrected chi connectivity index (χ4v) is 2.84. The van der Waals surface area contributed by atoms with Gasteiger partial charge in [-0.15, -0.1) is 0 Å². The molecule has 134 valence electrons. The second-order valence-electron chi connectivity index (χ2n) is 5.40. The van der Waals surface area contributed by atoms with Crippen LogP contribution in [0.5, 0.6) is 11.5 Å². The summed E-state index contributed by atoms with van der Waals surface area (Å²) in [5, 5.41) is 7.59. The number of benzene rings is 2. The normalized spacial score (nSPS) is 11.5. The average Bonchev–Trinajstić information content (AvgIpc) is 2.56. The highest BCUT2D eigenvalue weighted by molar-refractivity contribution is 7.80. The van der Waals surface area contributed by atoms with Crippen molar-refractivity contribution in [2.45, 2.75) is 26.8 Å². The minimum Gasteiger partial charge on any atom is -0.490 e. The third-order valence-corrected chi connectivity index (χ3v) is 3.95. The molecule has 6 heteroatoms. The van der Waals surface area contributed by atoms with Crippen molar-refractivity contribution < 1.29 is 9.47 Å². The first-order valence-corrected chi connectivity index (χ1v) is 9.04. The van der Waals surface area contributed by atoms with Crippen LogP contribution in [-0.4, -0.2) is 18.3 Å². The highest BCUT2D eigenvalue weighted by Gasteiger charge is 2.12. The first-order valence-electron chi connectivity index (χ1n) is 8.26. The number of rotatable bonds is 7.